The molecule has 7 nitrogen and oxygen atoms in total. The van der Waals surface area contributed by atoms with Crippen LogP contribution in [0, 0.1) is 6.92 Å². The maximum Gasteiger partial charge on any atom is 0.254 e. The summed E-state index contributed by atoms with van der Waals surface area (Å²) in [5, 5.41) is 2.72. The fraction of sp³-hybridized carbons (Fsp3) is 0.222. The summed E-state index contributed by atoms with van der Waals surface area (Å²) in [6.45, 7) is 1.82. The van der Waals surface area contributed by atoms with Gasteiger partial charge >= 0.3 is 0 Å². The lowest BCUT2D eigenvalue weighted by atomic mass is 10.2. The van der Waals surface area contributed by atoms with Crippen LogP contribution in [-0.4, -0.2) is 45.0 Å². The zero-order valence-corrected chi connectivity index (χ0v) is 15.6. The number of carbonyl (C=O) groups is 2. The first-order valence-corrected chi connectivity index (χ1v) is 9.73. The minimum absolute atomic E-state index is 0.129. The number of nitrogens with one attached hydrogen (secondary N) is 2. The van der Waals surface area contributed by atoms with Gasteiger partial charge in [-0.25, -0.2) is 8.42 Å². The molecule has 0 heterocycles. The molecular weight excluding hydrogens is 354 g/mol. The van der Waals surface area contributed by atoms with Gasteiger partial charge in [-0.15, -0.1) is 0 Å². The number of sulfonamides is 1. The molecular formula is C18H21N3O4S. The SMILES string of the molecule is Cc1ccc(NC(=O)CN(C)C(=O)c2cccc(NS(C)(=O)=O)c2)cc1. The van der Waals surface area contributed by atoms with E-state index in [4.69, 9.17) is 0 Å². The molecule has 138 valence electrons. The van der Waals surface area contributed by atoms with E-state index in [0.717, 1.165) is 11.8 Å². The van der Waals surface area contributed by atoms with Crippen molar-refractivity contribution in [1.29, 1.82) is 0 Å². The Hall–Kier alpha value is -2.87. The number of hydrogen-bond donors (Lipinski definition) is 2. The lowest BCUT2D eigenvalue weighted by molar-refractivity contribution is -0.116. The molecule has 0 aliphatic heterocycles. The van der Waals surface area contributed by atoms with Crippen LogP contribution in [0.5, 0.6) is 0 Å². The monoisotopic (exact) mass is 375 g/mol. The normalized spacial score (nSPS) is 10.9. The van der Waals surface area contributed by atoms with E-state index in [1.54, 1.807) is 30.3 Å². The highest BCUT2D eigenvalue weighted by molar-refractivity contribution is 7.92. The van der Waals surface area contributed by atoms with Crippen LogP contribution in [0.1, 0.15) is 15.9 Å². The molecule has 2 N–H and O–H groups in total. The van der Waals surface area contributed by atoms with Crippen LogP contribution in [0.25, 0.3) is 0 Å². The van der Waals surface area contributed by atoms with Gasteiger partial charge < -0.3 is 10.2 Å². The van der Waals surface area contributed by atoms with Gasteiger partial charge in [-0.05, 0) is 37.3 Å². The molecule has 0 atom stereocenters. The number of benzene rings is 2. The van der Waals surface area contributed by atoms with E-state index in [9.17, 15) is 18.0 Å². The van der Waals surface area contributed by atoms with Crippen molar-refractivity contribution in [1.82, 2.24) is 4.90 Å². The minimum atomic E-state index is -3.44. The van der Waals surface area contributed by atoms with Crippen LogP contribution in [0.3, 0.4) is 0 Å². The molecule has 26 heavy (non-hydrogen) atoms. The molecule has 0 saturated carbocycles. The van der Waals surface area contributed by atoms with Crippen molar-refractivity contribution in [3.8, 4) is 0 Å². The summed E-state index contributed by atoms with van der Waals surface area (Å²) < 4.78 is 24.9. The molecule has 2 rings (SSSR count). The lowest BCUT2D eigenvalue weighted by Crippen LogP contribution is -2.35. The Bertz CT molecular complexity index is 908. The van der Waals surface area contributed by atoms with Crippen LogP contribution in [0.15, 0.2) is 48.5 Å². The molecule has 0 spiro atoms. The number of aryl methyl sites for hydroxylation is 1. The molecule has 0 unspecified atom stereocenters. The standard InChI is InChI=1S/C18H21N3O4S/c1-13-7-9-15(10-8-13)19-17(22)12-21(2)18(23)14-5-4-6-16(11-14)20-26(3,24)25/h4-11,20H,12H2,1-3H3,(H,19,22). The van der Waals surface area contributed by atoms with Crippen LogP contribution < -0.4 is 10.0 Å². The van der Waals surface area contributed by atoms with E-state index in [2.05, 4.69) is 10.0 Å². The third-order valence-electron chi connectivity index (χ3n) is 3.48. The minimum Gasteiger partial charge on any atom is -0.332 e. The Labute approximate surface area is 153 Å². The van der Waals surface area contributed by atoms with Crippen LogP contribution in [0.4, 0.5) is 11.4 Å². The average Bonchev–Trinajstić information content (AvgIpc) is 2.55. The summed E-state index contributed by atoms with van der Waals surface area (Å²) in [7, 11) is -1.93. The van der Waals surface area contributed by atoms with Gasteiger partial charge in [0.15, 0.2) is 0 Å². The number of anilines is 2. The summed E-state index contributed by atoms with van der Waals surface area (Å²) >= 11 is 0. The third kappa shape index (κ3) is 5.89. The fourth-order valence-electron chi connectivity index (χ4n) is 2.27. The van der Waals surface area contributed by atoms with Crippen molar-refractivity contribution >= 4 is 33.2 Å². The number of rotatable bonds is 6. The highest BCUT2D eigenvalue weighted by Crippen LogP contribution is 2.14. The van der Waals surface area contributed by atoms with Gasteiger partial charge in [-0.2, -0.15) is 0 Å². The van der Waals surface area contributed by atoms with Gasteiger partial charge in [0.25, 0.3) is 5.91 Å². The molecule has 0 saturated heterocycles. The van der Waals surface area contributed by atoms with Gasteiger partial charge in [0.1, 0.15) is 0 Å². The fourth-order valence-corrected chi connectivity index (χ4v) is 2.83. The summed E-state index contributed by atoms with van der Waals surface area (Å²) in [4.78, 5) is 25.8. The second-order valence-corrected chi connectivity index (χ2v) is 7.78. The highest BCUT2D eigenvalue weighted by Gasteiger charge is 2.16. The number of likely N-dealkylation sites (N-methyl/N-ethyl adjacent to an activating group) is 1. The van der Waals surface area contributed by atoms with E-state index in [1.807, 2.05) is 19.1 Å². The molecule has 0 aliphatic carbocycles. The Balaban J connectivity index is 2.01. The number of amides is 2. The van der Waals surface area contributed by atoms with Crippen molar-refractivity contribution in [2.75, 3.05) is 29.9 Å². The predicted octanol–water partition coefficient (Wildman–Crippen LogP) is 2.08. The van der Waals surface area contributed by atoms with Gasteiger partial charge in [0.05, 0.1) is 12.8 Å². The van der Waals surface area contributed by atoms with Crippen LogP contribution >= 0.6 is 0 Å². The lowest BCUT2D eigenvalue weighted by Gasteiger charge is -2.17. The van der Waals surface area contributed by atoms with E-state index in [1.165, 1.54) is 18.0 Å². The maximum absolute atomic E-state index is 12.5. The molecule has 0 bridgehead atoms. The second-order valence-electron chi connectivity index (χ2n) is 6.03. The predicted molar refractivity (Wildman–Crippen MR) is 102 cm³/mol. The zero-order chi connectivity index (χ0) is 19.3. The molecule has 0 aliphatic rings. The largest absolute Gasteiger partial charge is 0.332 e. The molecule has 2 aromatic carbocycles. The van der Waals surface area contributed by atoms with Gasteiger partial charge in [-0.3, -0.25) is 14.3 Å². The Morgan fingerprint density at radius 3 is 2.31 bits per heavy atom. The van der Waals surface area contributed by atoms with Crippen molar-refractivity contribution < 1.29 is 18.0 Å². The number of carbonyl (C=O) groups excluding carboxylic acids is 2. The van der Waals surface area contributed by atoms with Gasteiger partial charge in [0, 0.05) is 24.0 Å². The molecule has 0 fully saturated rings. The number of nitrogens with zero attached hydrogens (tertiary/aromatic N) is 1. The number of hydrogen-bond acceptors (Lipinski definition) is 4. The van der Waals surface area contributed by atoms with Crippen molar-refractivity contribution in [3.63, 3.8) is 0 Å². The van der Waals surface area contributed by atoms with Crippen LogP contribution in [0.2, 0.25) is 0 Å². The van der Waals surface area contributed by atoms with E-state index in [0.29, 0.717) is 5.69 Å². The van der Waals surface area contributed by atoms with Gasteiger partial charge in [-0.1, -0.05) is 23.8 Å². The van der Waals surface area contributed by atoms with E-state index < -0.39 is 10.0 Å². The first kappa shape index (κ1) is 19.5. The molecule has 2 aromatic rings. The third-order valence-corrected chi connectivity index (χ3v) is 4.08. The first-order valence-electron chi connectivity index (χ1n) is 7.84. The zero-order valence-electron chi connectivity index (χ0n) is 14.8. The summed E-state index contributed by atoms with van der Waals surface area (Å²) in [6, 6.07) is 13.4. The topological polar surface area (TPSA) is 95.6 Å². The smallest absolute Gasteiger partial charge is 0.254 e. The Morgan fingerprint density at radius 1 is 1.04 bits per heavy atom. The Morgan fingerprint density at radius 2 is 1.69 bits per heavy atom. The van der Waals surface area contributed by atoms with E-state index >= 15 is 0 Å². The van der Waals surface area contributed by atoms with Gasteiger partial charge in [0.2, 0.25) is 15.9 Å². The van der Waals surface area contributed by atoms with Crippen LogP contribution in [-0.2, 0) is 14.8 Å². The molecule has 2 amide bonds. The second kappa shape index (κ2) is 8.01. The van der Waals surface area contributed by atoms with Crippen molar-refractivity contribution in [2.24, 2.45) is 0 Å². The average molecular weight is 375 g/mol. The van der Waals surface area contributed by atoms with Crippen molar-refractivity contribution in [3.05, 3.63) is 59.7 Å². The summed E-state index contributed by atoms with van der Waals surface area (Å²) in [6.07, 6.45) is 1.03. The first-order chi connectivity index (χ1) is 12.1. The Kier molecular flexibility index (Phi) is 5.99. The maximum atomic E-state index is 12.5. The summed E-state index contributed by atoms with van der Waals surface area (Å²) in [5.74, 6) is -0.712. The highest BCUT2D eigenvalue weighted by atomic mass is 32.2. The molecule has 0 radical (unpaired) electrons. The van der Waals surface area contributed by atoms with E-state index in [-0.39, 0.29) is 29.6 Å². The molecule has 0 aromatic heterocycles. The molecule has 8 heteroatoms. The van der Waals surface area contributed by atoms with Crippen molar-refractivity contribution in [2.45, 2.75) is 6.92 Å². The quantitative estimate of drug-likeness (QED) is 0.808. The summed E-state index contributed by atoms with van der Waals surface area (Å²) in [5.41, 5.74) is 2.30.